The highest BCUT2D eigenvalue weighted by Crippen LogP contribution is 2.40. The van der Waals surface area contributed by atoms with Gasteiger partial charge in [-0.25, -0.2) is 9.97 Å². The van der Waals surface area contributed by atoms with Gasteiger partial charge < -0.3 is 5.32 Å². The van der Waals surface area contributed by atoms with Crippen LogP contribution in [0.2, 0.25) is 0 Å². The first-order valence-electron chi connectivity index (χ1n) is 14.4. The van der Waals surface area contributed by atoms with Crippen LogP contribution in [0.3, 0.4) is 0 Å². The number of pyridine rings is 2. The normalized spacial score (nSPS) is 12.9. The summed E-state index contributed by atoms with van der Waals surface area (Å²) in [7, 11) is 0. The molecule has 5 aromatic carbocycles. The fraction of sp³-hybridized carbons (Fsp3) is 0.0256. The van der Waals surface area contributed by atoms with Crippen molar-refractivity contribution in [2.45, 2.75) is 0 Å². The first kappa shape index (κ1) is 25.4. The summed E-state index contributed by atoms with van der Waals surface area (Å²) in [5, 5.41) is 28.9. The molecule has 0 saturated carbocycles. The molecule has 1 N–H and O–H groups in total. The van der Waals surface area contributed by atoms with E-state index in [9.17, 15) is 10.5 Å². The van der Waals surface area contributed by atoms with Crippen molar-refractivity contribution in [3.8, 4) is 45.6 Å². The molecule has 2 aromatic heterocycles. The molecule has 0 atom stereocenters. The highest BCUT2D eigenvalue weighted by molar-refractivity contribution is 6.24. The Labute approximate surface area is 254 Å². The van der Waals surface area contributed by atoms with Gasteiger partial charge in [0, 0.05) is 23.9 Å². The molecule has 0 amide bonds. The zero-order valence-electron chi connectivity index (χ0n) is 23.5. The number of nitrogens with one attached hydrogen (secondary N) is 1. The third-order valence-electron chi connectivity index (χ3n) is 8.31. The SMILES string of the molecule is N#CC1=CC(c2cccc(-c3cc4ccc5cc(-c6cccc(-c7ccnc(C#N)c7)c6)cc6ccc(c3)c4c56)n2)=CCN1. The van der Waals surface area contributed by atoms with E-state index in [-0.39, 0.29) is 0 Å². The molecule has 5 heteroatoms. The van der Waals surface area contributed by atoms with Gasteiger partial charge in [0.2, 0.25) is 0 Å². The average Bonchev–Trinajstić information content (AvgIpc) is 3.10. The standard InChI is InChI=1S/C39H23N5/c40-22-34-20-26(11-13-42-34)24-3-1-4-25(15-24)32-16-28-7-9-30-18-33(19-31-10-8-29(17-32)38(28)39(30)31)37-6-2-5-36(44-37)27-12-14-43-35(21-27)23-41/h1-13,15-21,43H,14H2. The molecule has 0 fully saturated rings. The Hall–Kier alpha value is -6.30. The number of allylic oxidation sites excluding steroid dienone is 3. The monoisotopic (exact) mass is 561 g/mol. The Morgan fingerprint density at radius 2 is 1.20 bits per heavy atom. The fourth-order valence-electron chi connectivity index (χ4n) is 6.24. The molecule has 1 aliphatic rings. The lowest BCUT2D eigenvalue weighted by Crippen LogP contribution is -2.15. The lowest BCUT2D eigenvalue weighted by Gasteiger charge is -2.15. The molecule has 7 aromatic rings. The van der Waals surface area contributed by atoms with Crippen molar-refractivity contribution in [2.75, 3.05) is 6.54 Å². The van der Waals surface area contributed by atoms with Crippen LogP contribution in [0.15, 0.2) is 127 Å². The maximum absolute atomic E-state index is 9.32. The van der Waals surface area contributed by atoms with Gasteiger partial charge in [0.15, 0.2) is 0 Å². The molecule has 0 radical (unpaired) electrons. The summed E-state index contributed by atoms with van der Waals surface area (Å²) < 4.78 is 0. The molecule has 5 nitrogen and oxygen atoms in total. The highest BCUT2D eigenvalue weighted by Gasteiger charge is 2.14. The van der Waals surface area contributed by atoms with Crippen molar-refractivity contribution in [1.82, 2.24) is 15.3 Å². The highest BCUT2D eigenvalue weighted by atomic mass is 14.9. The smallest absolute Gasteiger partial charge is 0.141 e. The van der Waals surface area contributed by atoms with Crippen molar-refractivity contribution < 1.29 is 0 Å². The second kappa shape index (κ2) is 10.2. The van der Waals surface area contributed by atoms with Crippen LogP contribution in [-0.4, -0.2) is 16.5 Å². The van der Waals surface area contributed by atoms with Gasteiger partial charge >= 0.3 is 0 Å². The van der Waals surface area contributed by atoms with Gasteiger partial charge in [-0.1, -0.05) is 54.6 Å². The molecule has 1 aliphatic heterocycles. The van der Waals surface area contributed by atoms with Gasteiger partial charge in [-0.3, -0.25) is 0 Å². The Morgan fingerprint density at radius 3 is 1.89 bits per heavy atom. The molecule has 0 bridgehead atoms. The van der Waals surface area contributed by atoms with Crippen LogP contribution in [0.1, 0.15) is 11.4 Å². The summed E-state index contributed by atoms with van der Waals surface area (Å²) in [6, 6.07) is 40.4. The minimum absolute atomic E-state index is 0.410. The fourth-order valence-corrected chi connectivity index (χ4v) is 6.24. The molecule has 0 aliphatic carbocycles. The van der Waals surface area contributed by atoms with Crippen LogP contribution >= 0.6 is 0 Å². The van der Waals surface area contributed by atoms with E-state index < -0.39 is 0 Å². The van der Waals surface area contributed by atoms with Gasteiger partial charge in [-0.2, -0.15) is 10.5 Å². The molecular weight excluding hydrogens is 538 g/mol. The molecule has 204 valence electrons. The third kappa shape index (κ3) is 4.32. The molecule has 0 spiro atoms. The minimum Gasteiger partial charge on any atom is -0.373 e. The number of hydrogen-bond donors (Lipinski definition) is 1. The molecule has 0 unspecified atom stereocenters. The molecular formula is C39H23N5. The molecule has 0 saturated heterocycles. The Bertz CT molecular complexity index is 2350. The van der Waals surface area contributed by atoms with Gasteiger partial charge in [0.05, 0.1) is 11.4 Å². The Balaban J connectivity index is 1.21. The predicted molar refractivity (Wildman–Crippen MR) is 176 cm³/mol. The number of hydrogen-bond acceptors (Lipinski definition) is 5. The van der Waals surface area contributed by atoms with Gasteiger partial charge in [0.1, 0.15) is 23.5 Å². The van der Waals surface area contributed by atoms with Crippen molar-refractivity contribution in [3.63, 3.8) is 0 Å². The van der Waals surface area contributed by atoms with Crippen LogP contribution < -0.4 is 5.32 Å². The number of rotatable bonds is 4. The van der Waals surface area contributed by atoms with E-state index in [0.29, 0.717) is 17.9 Å². The van der Waals surface area contributed by atoms with E-state index >= 15 is 0 Å². The lowest BCUT2D eigenvalue weighted by atomic mass is 9.89. The maximum Gasteiger partial charge on any atom is 0.141 e. The minimum atomic E-state index is 0.410. The lowest BCUT2D eigenvalue weighted by molar-refractivity contribution is 0.928. The van der Waals surface area contributed by atoms with E-state index in [2.05, 4.69) is 101 Å². The molecule has 8 rings (SSSR count). The van der Waals surface area contributed by atoms with Crippen LogP contribution in [-0.2, 0) is 0 Å². The number of benzene rings is 5. The van der Waals surface area contributed by atoms with Crippen LogP contribution in [0.25, 0.3) is 71.4 Å². The Kier molecular flexibility index (Phi) is 5.89. The summed E-state index contributed by atoms with van der Waals surface area (Å²) >= 11 is 0. The number of nitrogens with zero attached hydrogens (tertiary/aromatic N) is 4. The summed E-state index contributed by atoms with van der Waals surface area (Å²) in [6.45, 7) is 0.613. The van der Waals surface area contributed by atoms with Crippen molar-refractivity contribution in [2.24, 2.45) is 0 Å². The van der Waals surface area contributed by atoms with Gasteiger partial charge in [0.25, 0.3) is 0 Å². The van der Waals surface area contributed by atoms with E-state index in [1.807, 2.05) is 36.4 Å². The zero-order chi connectivity index (χ0) is 29.6. The summed E-state index contributed by atoms with van der Waals surface area (Å²) in [4.78, 5) is 9.10. The zero-order valence-corrected chi connectivity index (χ0v) is 23.5. The number of aromatic nitrogens is 2. The van der Waals surface area contributed by atoms with E-state index in [1.165, 1.54) is 32.3 Å². The van der Waals surface area contributed by atoms with E-state index in [1.54, 1.807) is 6.20 Å². The predicted octanol–water partition coefficient (Wildman–Crippen LogP) is 8.64. The largest absolute Gasteiger partial charge is 0.373 e. The van der Waals surface area contributed by atoms with Crippen molar-refractivity contribution in [3.05, 3.63) is 139 Å². The maximum atomic E-state index is 9.32. The van der Waals surface area contributed by atoms with Gasteiger partial charge in [-0.15, -0.1) is 0 Å². The third-order valence-corrected chi connectivity index (χ3v) is 8.31. The van der Waals surface area contributed by atoms with Crippen molar-refractivity contribution >= 4 is 37.9 Å². The summed E-state index contributed by atoms with van der Waals surface area (Å²) in [6.07, 6.45) is 5.59. The van der Waals surface area contributed by atoms with Gasteiger partial charge in [-0.05, 0) is 115 Å². The van der Waals surface area contributed by atoms with Crippen LogP contribution in [0, 0.1) is 22.7 Å². The summed E-state index contributed by atoms with van der Waals surface area (Å²) in [5.74, 6) is 0. The van der Waals surface area contributed by atoms with Crippen LogP contribution in [0.5, 0.6) is 0 Å². The topological polar surface area (TPSA) is 85.4 Å². The van der Waals surface area contributed by atoms with E-state index in [4.69, 9.17) is 4.98 Å². The first-order valence-corrected chi connectivity index (χ1v) is 14.4. The van der Waals surface area contributed by atoms with E-state index in [0.717, 1.165) is 44.8 Å². The Morgan fingerprint density at radius 1 is 0.591 bits per heavy atom. The molecule has 44 heavy (non-hydrogen) atoms. The summed E-state index contributed by atoms with van der Waals surface area (Å²) in [5.41, 5.74) is 9.03. The average molecular weight is 562 g/mol. The second-order valence-corrected chi connectivity index (χ2v) is 11.0. The first-order chi connectivity index (χ1) is 21.7. The quantitative estimate of drug-likeness (QED) is 0.217. The van der Waals surface area contributed by atoms with Crippen LogP contribution in [0.4, 0.5) is 0 Å². The van der Waals surface area contributed by atoms with Crippen molar-refractivity contribution in [1.29, 1.82) is 10.5 Å². The number of dihydropyridines is 1. The second-order valence-electron chi connectivity index (χ2n) is 11.0. The number of nitriles is 2. The molecule has 3 heterocycles.